The summed E-state index contributed by atoms with van der Waals surface area (Å²) in [4.78, 5) is 37.1. The number of esters is 1. The molecule has 1 N–H and O–H groups in total. The molecular weight excluding hydrogens is 335 g/mol. The molecule has 1 aliphatic rings. The molecule has 0 fully saturated rings. The monoisotopic (exact) mass is 362 g/mol. The van der Waals surface area contributed by atoms with Crippen molar-refractivity contribution in [2.75, 3.05) is 6.61 Å². The van der Waals surface area contributed by atoms with Gasteiger partial charge in [0.1, 0.15) is 12.0 Å². The Kier molecular flexibility index (Phi) is 13.6. The molecule has 1 heterocycles. The van der Waals surface area contributed by atoms with E-state index in [-0.39, 0.29) is 41.4 Å². The second-order valence-corrected chi connectivity index (χ2v) is 5.56. The van der Waals surface area contributed by atoms with Crippen LogP contribution in [0, 0.1) is 11.3 Å². The van der Waals surface area contributed by atoms with Crippen LogP contribution in [0.4, 0.5) is 0 Å². The molecule has 25 heavy (non-hydrogen) atoms. The third kappa shape index (κ3) is 7.71. The summed E-state index contributed by atoms with van der Waals surface area (Å²) in [5, 5.41) is 13.1. The Bertz CT molecular complexity index is 519. The average molecular weight is 362 g/mol. The van der Waals surface area contributed by atoms with Crippen molar-refractivity contribution in [1.82, 2.24) is 5.32 Å². The van der Waals surface area contributed by atoms with Crippen molar-refractivity contribution < 1.29 is 53.8 Å². The van der Waals surface area contributed by atoms with Crippen molar-refractivity contribution in [2.24, 2.45) is 16.3 Å². The van der Waals surface area contributed by atoms with E-state index in [4.69, 9.17) is 0 Å². The van der Waals surface area contributed by atoms with Gasteiger partial charge in [0.25, 0.3) is 5.91 Å². The van der Waals surface area contributed by atoms with Crippen LogP contribution in [0.3, 0.4) is 0 Å². The Morgan fingerprint density at radius 3 is 2.40 bits per heavy atom. The number of hydrogen-bond acceptors (Lipinski definition) is 5. The number of hydrogen-bond donors (Lipinski definition) is 1. The number of carbonyl (C=O) groups excluding carboxylic acids is 3. The van der Waals surface area contributed by atoms with E-state index in [9.17, 15) is 19.5 Å². The van der Waals surface area contributed by atoms with Gasteiger partial charge in [-0.3, -0.25) is 14.4 Å². The van der Waals surface area contributed by atoms with Crippen LogP contribution < -0.4 is 40.0 Å². The summed E-state index contributed by atoms with van der Waals surface area (Å²) < 4.78 is 4.56. The third-order valence-electron chi connectivity index (χ3n) is 3.95. The first kappa shape index (κ1) is 26.1. The standard InChI is InChI=1S/C11H18N2O3.C6H10O2.Na/c1-4-6-7(3)11(5-2)8(14)12-10(16)13-9(11)15;1-3-4-5-8-6(2)7;/h7H,4-6H2,1-3H3,(H2,12,13,14,15,16);3-4H,5H2,1-2H3;/q;;+1/p-1/b;4-3+;. The molecule has 2 atom stereocenters. The first-order valence-corrected chi connectivity index (χ1v) is 8.12. The molecule has 0 aromatic carbocycles. The van der Waals surface area contributed by atoms with Gasteiger partial charge < -0.3 is 15.2 Å². The predicted molar refractivity (Wildman–Crippen MR) is 88.8 cm³/mol. The van der Waals surface area contributed by atoms with Crippen LogP contribution in [0.5, 0.6) is 0 Å². The van der Waals surface area contributed by atoms with Gasteiger partial charge in [0.05, 0.1) is 6.02 Å². The first-order valence-electron chi connectivity index (χ1n) is 8.12. The van der Waals surface area contributed by atoms with E-state index < -0.39 is 23.3 Å². The fourth-order valence-corrected chi connectivity index (χ4v) is 2.56. The Morgan fingerprint density at radius 1 is 1.40 bits per heavy atom. The number of nitrogens with one attached hydrogen (secondary N) is 1. The van der Waals surface area contributed by atoms with Crippen LogP contribution in [0.25, 0.3) is 0 Å². The van der Waals surface area contributed by atoms with Gasteiger partial charge in [-0.15, -0.1) is 0 Å². The zero-order valence-electron chi connectivity index (χ0n) is 16.0. The van der Waals surface area contributed by atoms with Gasteiger partial charge in [-0.25, -0.2) is 4.99 Å². The van der Waals surface area contributed by atoms with Crippen LogP contribution in [0.15, 0.2) is 17.1 Å². The maximum atomic E-state index is 11.9. The quantitative estimate of drug-likeness (QED) is 0.263. The first-order chi connectivity index (χ1) is 11.3. The zero-order chi connectivity index (χ0) is 18.8. The van der Waals surface area contributed by atoms with Crippen molar-refractivity contribution in [1.29, 1.82) is 0 Å². The smallest absolute Gasteiger partial charge is 0.846 e. The number of carbonyl (C=O) groups is 3. The summed E-state index contributed by atoms with van der Waals surface area (Å²) in [5.41, 5.74) is -1.15. The SMILES string of the molecule is C/C=C/COC(C)=O.CCCC(C)C1(CC)C(=O)N=C([O-])NC1=O.[Na+]. The van der Waals surface area contributed by atoms with E-state index in [1.165, 1.54) is 6.92 Å². The van der Waals surface area contributed by atoms with Crippen LogP contribution >= 0.6 is 0 Å². The third-order valence-corrected chi connectivity index (χ3v) is 3.95. The minimum absolute atomic E-state index is 0. The molecular formula is C17H27N2NaO5. The molecule has 0 spiro atoms. The Labute approximate surface area is 171 Å². The van der Waals surface area contributed by atoms with E-state index >= 15 is 0 Å². The van der Waals surface area contributed by atoms with Crippen LogP contribution in [0.1, 0.15) is 53.9 Å². The number of amides is 2. The predicted octanol–water partition coefficient (Wildman–Crippen LogP) is -1.68. The Balaban J connectivity index is 0. The van der Waals surface area contributed by atoms with Crippen LogP contribution in [0.2, 0.25) is 0 Å². The number of allylic oxidation sites excluding steroid dienone is 1. The van der Waals surface area contributed by atoms with E-state index in [0.29, 0.717) is 13.0 Å². The summed E-state index contributed by atoms with van der Waals surface area (Å²) in [6, 6.07) is -0.845. The van der Waals surface area contributed by atoms with Crippen molar-refractivity contribution in [2.45, 2.75) is 53.9 Å². The van der Waals surface area contributed by atoms with Gasteiger partial charge in [-0.1, -0.05) is 39.3 Å². The number of nitrogens with zero attached hydrogens (tertiary/aromatic N) is 1. The van der Waals surface area contributed by atoms with Gasteiger partial charge in [-0.2, -0.15) is 0 Å². The Morgan fingerprint density at radius 2 is 2.00 bits per heavy atom. The molecule has 0 bridgehead atoms. The zero-order valence-corrected chi connectivity index (χ0v) is 18.0. The molecule has 1 aliphatic heterocycles. The largest absolute Gasteiger partial charge is 1.00 e. The Hall–Kier alpha value is -1.18. The van der Waals surface area contributed by atoms with Gasteiger partial charge >= 0.3 is 35.5 Å². The molecule has 0 aromatic heterocycles. The van der Waals surface area contributed by atoms with Crippen LogP contribution in [-0.4, -0.2) is 30.4 Å². The molecule has 1 rings (SSSR count). The van der Waals surface area contributed by atoms with Crippen molar-refractivity contribution in [3.63, 3.8) is 0 Å². The maximum absolute atomic E-state index is 11.9. The summed E-state index contributed by atoms with van der Waals surface area (Å²) in [6.07, 6.45) is 5.63. The van der Waals surface area contributed by atoms with Gasteiger partial charge in [0.2, 0.25) is 5.91 Å². The average Bonchev–Trinajstić information content (AvgIpc) is 2.48. The molecule has 0 aromatic rings. The number of rotatable bonds is 6. The van der Waals surface area contributed by atoms with E-state index in [1.54, 1.807) is 13.0 Å². The second-order valence-electron chi connectivity index (χ2n) is 5.56. The summed E-state index contributed by atoms with van der Waals surface area (Å²) in [7, 11) is 0. The molecule has 0 radical (unpaired) electrons. The van der Waals surface area contributed by atoms with Gasteiger partial charge in [0.15, 0.2) is 0 Å². The number of ether oxygens (including phenoxy) is 1. The summed E-state index contributed by atoms with van der Waals surface area (Å²) in [5.74, 6) is -1.43. The number of amidine groups is 1. The van der Waals surface area contributed by atoms with Crippen molar-refractivity contribution in [3.8, 4) is 0 Å². The fourth-order valence-electron chi connectivity index (χ4n) is 2.56. The molecule has 0 aliphatic carbocycles. The molecule has 7 nitrogen and oxygen atoms in total. The minimum atomic E-state index is -1.15. The molecule has 0 saturated heterocycles. The van der Waals surface area contributed by atoms with E-state index in [2.05, 4.69) is 15.0 Å². The van der Waals surface area contributed by atoms with E-state index in [0.717, 1.165) is 12.8 Å². The fraction of sp³-hybridized carbons (Fsp3) is 0.647. The normalized spacial score (nSPS) is 20.6. The van der Waals surface area contributed by atoms with Gasteiger partial charge in [0, 0.05) is 6.92 Å². The maximum Gasteiger partial charge on any atom is 1.00 e. The van der Waals surface area contributed by atoms with Crippen molar-refractivity contribution >= 4 is 23.8 Å². The molecule has 136 valence electrons. The topological polar surface area (TPSA) is 108 Å². The number of aliphatic imine (C=N–C) groups is 1. The second kappa shape index (κ2) is 13.1. The van der Waals surface area contributed by atoms with Crippen LogP contribution in [-0.2, 0) is 19.1 Å². The van der Waals surface area contributed by atoms with E-state index in [1.807, 2.05) is 26.8 Å². The van der Waals surface area contributed by atoms with Crippen molar-refractivity contribution in [3.05, 3.63) is 12.2 Å². The minimum Gasteiger partial charge on any atom is -0.846 e. The summed E-state index contributed by atoms with van der Waals surface area (Å²) >= 11 is 0. The molecule has 2 unspecified atom stereocenters. The molecule has 8 heteroatoms. The molecule has 2 amide bonds. The summed E-state index contributed by atoms with van der Waals surface area (Å²) in [6.45, 7) is 9.29. The molecule has 0 saturated carbocycles. The van der Waals surface area contributed by atoms with Gasteiger partial charge in [-0.05, 0) is 25.7 Å².